The molecule has 0 saturated heterocycles. The molecule has 2 aromatic heterocycles. The van der Waals surface area contributed by atoms with Gasteiger partial charge in [0.2, 0.25) is 0 Å². The Hall–Kier alpha value is -1.07. The van der Waals surface area contributed by atoms with Crippen LogP contribution in [0, 0.1) is 6.92 Å². The summed E-state index contributed by atoms with van der Waals surface area (Å²) < 4.78 is 11.7. The summed E-state index contributed by atoms with van der Waals surface area (Å²) in [6.45, 7) is 3.32. The second-order valence-corrected chi connectivity index (χ2v) is 4.70. The third kappa shape index (κ3) is 1.43. The van der Waals surface area contributed by atoms with Gasteiger partial charge in [-0.15, -0.1) is 0 Å². The number of rotatable bonds is 1. The minimum absolute atomic E-state index is 0.196. The number of nitrogens with one attached hydrogen (secondary N) is 1. The predicted molar refractivity (Wildman–Crippen MR) is 61.2 cm³/mol. The van der Waals surface area contributed by atoms with Gasteiger partial charge in [-0.3, -0.25) is 5.10 Å². The van der Waals surface area contributed by atoms with Crippen molar-refractivity contribution < 1.29 is 9.15 Å². The molecule has 0 bridgehead atoms. The summed E-state index contributed by atoms with van der Waals surface area (Å²) in [5.74, 6) is 0.196. The van der Waals surface area contributed by atoms with E-state index < -0.39 is 0 Å². The number of furan rings is 1. The highest BCUT2D eigenvalue weighted by Crippen LogP contribution is 2.37. The number of aromatic nitrogens is 2. The third-order valence-electron chi connectivity index (χ3n) is 3.00. The fourth-order valence-electron chi connectivity index (χ4n) is 2.12. The van der Waals surface area contributed by atoms with Crippen LogP contribution in [-0.2, 0) is 11.3 Å². The molecule has 0 spiro atoms. The highest BCUT2D eigenvalue weighted by molar-refractivity contribution is 9.10. The Morgan fingerprint density at radius 1 is 1.56 bits per heavy atom. The van der Waals surface area contributed by atoms with E-state index in [9.17, 15) is 0 Å². The maximum Gasteiger partial charge on any atom is 0.174 e. The van der Waals surface area contributed by atoms with Crippen molar-refractivity contribution in [2.75, 3.05) is 6.61 Å². The molecule has 1 aliphatic heterocycles. The number of fused-ring (bicyclic) bond motifs is 1. The molecule has 16 heavy (non-hydrogen) atoms. The molecule has 0 amide bonds. The number of nitrogens with zero attached hydrogens (tertiary/aromatic N) is 1. The molecular weight excluding hydrogens is 272 g/mol. The highest BCUT2D eigenvalue weighted by Gasteiger charge is 2.28. The topological polar surface area (TPSA) is 51.0 Å². The Kier molecular flexibility index (Phi) is 2.37. The van der Waals surface area contributed by atoms with Crippen LogP contribution in [-0.4, -0.2) is 16.8 Å². The largest absolute Gasteiger partial charge is 0.457 e. The average molecular weight is 283 g/mol. The molecule has 84 valence electrons. The van der Waals surface area contributed by atoms with Crippen molar-refractivity contribution in [3.63, 3.8) is 0 Å². The smallest absolute Gasteiger partial charge is 0.174 e. The van der Waals surface area contributed by atoms with Crippen molar-refractivity contribution in [3.8, 4) is 0 Å². The second kappa shape index (κ2) is 3.75. The van der Waals surface area contributed by atoms with Gasteiger partial charge in [0, 0.05) is 16.8 Å². The fraction of sp³-hybridized carbons (Fsp3) is 0.364. The highest BCUT2D eigenvalue weighted by atomic mass is 79.9. The Balaban J connectivity index is 2.08. The van der Waals surface area contributed by atoms with Crippen LogP contribution in [0.2, 0.25) is 0 Å². The van der Waals surface area contributed by atoms with Crippen LogP contribution in [0.25, 0.3) is 0 Å². The number of halogens is 1. The van der Waals surface area contributed by atoms with Crippen molar-refractivity contribution in [3.05, 3.63) is 39.5 Å². The average Bonchev–Trinajstić information content (AvgIpc) is 2.86. The second-order valence-electron chi connectivity index (χ2n) is 3.98. The molecule has 0 fully saturated rings. The minimum atomic E-state index is 0.196. The van der Waals surface area contributed by atoms with Gasteiger partial charge in [-0.1, -0.05) is 0 Å². The van der Waals surface area contributed by atoms with E-state index in [1.54, 1.807) is 6.26 Å². The van der Waals surface area contributed by atoms with Crippen molar-refractivity contribution >= 4 is 15.9 Å². The molecule has 0 saturated carbocycles. The lowest BCUT2D eigenvalue weighted by Crippen LogP contribution is -2.17. The molecule has 3 heterocycles. The number of aromatic amines is 1. The number of H-pyrrole nitrogens is 1. The molecule has 5 heteroatoms. The van der Waals surface area contributed by atoms with Gasteiger partial charge in [-0.05, 0) is 28.4 Å². The first-order valence-corrected chi connectivity index (χ1v) is 5.90. The molecule has 0 radical (unpaired) electrons. The SMILES string of the molecule is Cc1cn[nH]c1C1COCc2c1coc2Br. The van der Waals surface area contributed by atoms with Gasteiger partial charge in [-0.25, -0.2) is 0 Å². The van der Waals surface area contributed by atoms with E-state index >= 15 is 0 Å². The summed E-state index contributed by atoms with van der Waals surface area (Å²) in [4.78, 5) is 0. The van der Waals surface area contributed by atoms with Gasteiger partial charge in [-0.2, -0.15) is 5.10 Å². The first kappa shape index (κ1) is 10.1. The van der Waals surface area contributed by atoms with Gasteiger partial charge in [0.1, 0.15) is 0 Å². The van der Waals surface area contributed by atoms with E-state index in [1.807, 2.05) is 13.1 Å². The van der Waals surface area contributed by atoms with Crippen molar-refractivity contribution in [1.82, 2.24) is 10.2 Å². The van der Waals surface area contributed by atoms with Gasteiger partial charge in [0.15, 0.2) is 4.67 Å². The quantitative estimate of drug-likeness (QED) is 0.875. The summed E-state index contributed by atoms with van der Waals surface area (Å²) in [7, 11) is 0. The summed E-state index contributed by atoms with van der Waals surface area (Å²) >= 11 is 3.39. The Labute approximate surface area is 101 Å². The Morgan fingerprint density at radius 2 is 2.44 bits per heavy atom. The Bertz CT molecular complexity index is 518. The van der Waals surface area contributed by atoms with Crippen LogP contribution in [0.1, 0.15) is 28.3 Å². The van der Waals surface area contributed by atoms with Crippen LogP contribution < -0.4 is 0 Å². The van der Waals surface area contributed by atoms with Gasteiger partial charge in [0.25, 0.3) is 0 Å². The first-order chi connectivity index (χ1) is 7.77. The molecule has 2 aromatic rings. The van der Waals surface area contributed by atoms with E-state index in [0.29, 0.717) is 13.2 Å². The van der Waals surface area contributed by atoms with Crippen LogP contribution in [0.15, 0.2) is 21.5 Å². The molecule has 1 unspecified atom stereocenters. The maximum atomic E-state index is 5.59. The molecule has 3 rings (SSSR count). The van der Waals surface area contributed by atoms with Crippen LogP contribution in [0.5, 0.6) is 0 Å². The maximum absolute atomic E-state index is 5.59. The minimum Gasteiger partial charge on any atom is -0.457 e. The summed E-state index contributed by atoms with van der Waals surface area (Å²) in [6.07, 6.45) is 3.63. The number of hydrogen-bond donors (Lipinski definition) is 1. The van der Waals surface area contributed by atoms with E-state index in [1.165, 1.54) is 5.56 Å². The molecule has 0 aromatic carbocycles. The predicted octanol–water partition coefficient (Wildman–Crippen LogP) is 2.74. The van der Waals surface area contributed by atoms with Gasteiger partial charge >= 0.3 is 0 Å². The zero-order chi connectivity index (χ0) is 11.1. The van der Waals surface area contributed by atoms with Gasteiger partial charge < -0.3 is 9.15 Å². The molecule has 1 aliphatic rings. The zero-order valence-corrected chi connectivity index (χ0v) is 10.4. The van der Waals surface area contributed by atoms with Crippen LogP contribution in [0.3, 0.4) is 0 Å². The Morgan fingerprint density at radius 3 is 3.19 bits per heavy atom. The van der Waals surface area contributed by atoms with E-state index in [4.69, 9.17) is 9.15 Å². The number of ether oxygens (including phenoxy) is 1. The fourth-order valence-corrected chi connectivity index (χ4v) is 2.56. The molecular formula is C11H11BrN2O2. The molecule has 0 aliphatic carbocycles. The number of hydrogen-bond acceptors (Lipinski definition) is 3. The normalized spacial score (nSPS) is 19.8. The van der Waals surface area contributed by atoms with Crippen molar-refractivity contribution in [2.24, 2.45) is 0 Å². The van der Waals surface area contributed by atoms with E-state index in [-0.39, 0.29) is 5.92 Å². The van der Waals surface area contributed by atoms with Crippen LogP contribution >= 0.6 is 15.9 Å². The van der Waals surface area contributed by atoms with Crippen molar-refractivity contribution in [1.29, 1.82) is 0 Å². The summed E-state index contributed by atoms with van der Waals surface area (Å²) in [5, 5.41) is 7.09. The van der Waals surface area contributed by atoms with E-state index in [0.717, 1.165) is 21.5 Å². The zero-order valence-electron chi connectivity index (χ0n) is 8.79. The lowest BCUT2D eigenvalue weighted by atomic mass is 9.92. The molecule has 1 atom stereocenters. The summed E-state index contributed by atoms with van der Waals surface area (Å²) in [5.41, 5.74) is 4.55. The van der Waals surface area contributed by atoms with Crippen LogP contribution in [0.4, 0.5) is 0 Å². The van der Waals surface area contributed by atoms with E-state index in [2.05, 4.69) is 26.1 Å². The lowest BCUT2D eigenvalue weighted by Gasteiger charge is -2.21. The van der Waals surface area contributed by atoms with Crippen molar-refractivity contribution in [2.45, 2.75) is 19.4 Å². The van der Waals surface area contributed by atoms with Gasteiger partial charge in [0.05, 0.1) is 31.6 Å². The number of aryl methyl sites for hydroxylation is 1. The molecule has 4 nitrogen and oxygen atoms in total. The summed E-state index contributed by atoms with van der Waals surface area (Å²) in [6, 6.07) is 0. The molecule has 1 N–H and O–H groups in total. The lowest BCUT2D eigenvalue weighted by molar-refractivity contribution is 0.0984. The monoisotopic (exact) mass is 282 g/mol. The standard InChI is InChI=1S/C11H11BrN2O2/c1-6-2-13-14-10(6)8-3-15-4-9-7(8)5-16-11(9)12/h2,5,8H,3-4H2,1H3,(H,13,14). The third-order valence-corrected chi connectivity index (χ3v) is 3.66. The first-order valence-electron chi connectivity index (χ1n) is 5.10.